The highest BCUT2D eigenvalue weighted by molar-refractivity contribution is 8.00. The molecule has 38 heavy (non-hydrogen) atoms. The molecule has 0 N–H and O–H groups in total. The minimum absolute atomic E-state index is 0.277. The Labute approximate surface area is 224 Å². The number of aromatic nitrogens is 3. The van der Waals surface area contributed by atoms with E-state index >= 15 is 0 Å². The maximum atomic E-state index is 13.2. The van der Waals surface area contributed by atoms with Gasteiger partial charge in [0.2, 0.25) is 0 Å². The molecule has 9 nitrogen and oxygen atoms in total. The van der Waals surface area contributed by atoms with Gasteiger partial charge in [0.25, 0.3) is 11.5 Å². The summed E-state index contributed by atoms with van der Waals surface area (Å²) in [5.74, 6) is 0.522. The standard InChI is InChI=1S/C26H30F2N4O5S/c1-16-21(33-3)22(34-4)23(35-5)25(36-16)37-30-14-17-6-8-18(9-7-17)24-29-15-32(31-24)19-10-12-20(13-11-19)38-26(2,27)28/h6-16,21-23,25H,1-5H3/b30-14+/t16-,21-,22+,23+,25-/m0/s1. The number of ether oxygens (including phenoxy) is 4. The predicted molar refractivity (Wildman–Crippen MR) is 139 cm³/mol. The fourth-order valence-electron chi connectivity index (χ4n) is 4.16. The van der Waals surface area contributed by atoms with Gasteiger partial charge in [0.15, 0.2) is 11.9 Å². The second kappa shape index (κ2) is 12.3. The topological polar surface area (TPSA) is 89.2 Å². The lowest BCUT2D eigenvalue weighted by Crippen LogP contribution is -2.59. The minimum atomic E-state index is -2.83. The first kappa shape index (κ1) is 28.1. The Hall–Kier alpha value is -2.90. The van der Waals surface area contributed by atoms with Gasteiger partial charge in [-0.2, -0.15) is 8.78 Å². The van der Waals surface area contributed by atoms with Crippen LogP contribution < -0.4 is 0 Å². The third-order valence-corrected chi connectivity index (χ3v) is 6.84. The summed E-state index contributed by atoms with van der Waals surface area (Å²) in [6, 6.07) is 14.2. The zero-order valence-corrected chi connectivity index (χ0v) is 22.5. The van der Waals surface area contributed by atoms with E-state index < -0.39 is 17.6 Å². The molecular weight excluding hydrogens is 518 g/mol. The van der Waals surface area contributed by atoms with Gasteiger partial charge in [-0.05, 0) is 36.8 Å². The van der Waals surface area contributed by atoms with Gasteiger partial charge in [-0.1, -0.05) is 41.2 Å². The molecule has 0 spiro atoms. The summed E-state index contributed by atoms with van der Waals surface area (Å²) < 4.78 is 50.5. The third-order valence-electron chi connectivity index (χ3n) is 5.97. The van der Waals surface area contributed by atoms with Gasteiger partial charge in [0.05, 0.1) is 18.0 Å². The van der Waals surface area contributed by atoms with E-state index in [1.807, 2.05) is 31.2 Å². The van der Waals surface area contributed by atoms with Crippen molar-refractivity contribution in [2.75, 3.05) is 21.3 Å². The van der Waals surface area contributed by atoms with Crippen molar-refractivity contribution in [3.05, 3.63) is 60.4 Å². The van der Waals surface area contributed by atoms with Crippen molar-refractivity contribution in [2.24, 2.45) is 5.16 Å². The van der Waals surface area contributed by atoms with Crippen molar-refractivity contribution in [1.29, 1.82) is 0 Å². The van der Waals surface area contributed by atoms with Crippen molar-refractivity contribution in [2.45, 2.75) is 54.7 Å². The van der Waals surface area contributed by atoms with Gasteiger partial charge in [-0.3, -0.25) is 0 Å². The van der Waals surface area contributed by atoms with Crippen LogP contribution in [0.1, 0.15) is 19.4 Å². The molecule has 12 heteroatoms. The molecule has 3 aromatic rings. The molecule has 2 aromatic carbocycles. The van der Waals surface area contributed by atoms with Gasteiger partial charge in [-0.25, -0.2) is 9.67 Å². The summed E-state index contributed by atoms with van der Waals surface area (Å²) in [6.45, 7) is 2.75. The van der Waals surface area contributed by atoms with Gasteiger partial charge < -0.3 is 23.8 Å². The Kier molecular flexibility index (Phi) is 9.11. The van der Waals surface area contributed by atoms with E-state index in [0.717, 1.165) is 23.7 Å². The van der Waals surface area contributed by atoms with E-state index in [9.17, 15) is 8.78 Å². The van der Waals surface area contributed by atoms with Crippen LogP contribution in [0.5, 0.6) is 0 Å². The summed E-state index contributed by atoms with van der Waals surface area (Å²) in [6.07, 6.45) is 0.907. The summed E-state index contributed by atoms with van der Waals surface area (Å²) >= 11 is 0.503. The Balaban J connectivity index is 1.38. The SMILES string of the molecule is CO[C@@H]1[C@@H](OC)[C@H](C)O[C@@H](O/N=C/c2ccc(-c3ncn(-c4ccc(SC(C)(F)F)cc4)n3)cc2)[C@@H]1OC. The molecule has 4 rings (SSSR count). The lowest BCUT2D eigenvalue weighted by atomic mass is 9.99. The summed E-state index contributed by atoms with van der Waals surface area (Å²) in [5.41, 5.74) is 2.32. The van der Waals surface area contributed by atoms with Crippen LogP contribution >= 0.6 is 11.8 Å². The fraction of sp³-hybridized carbons (Fsp3) is 0.423. The van der Waals surface area contributed by atoms with Crippen LogP contribution in [-0.4, -0.2) is 78.3 Å². The molecule has 0 unspecified atom stereocenters. The second-order valence-corrected chi connectivity index (χ2v) is 10.1. The maximum absolute atomic E-state index is 13.2. The zero-order valence-electron chi connectivity index (χ0n) is 21.7. The predicted octanol–water partition coefficient (Wildman–Crippen LogP) is 4.78. The number of nitrogens with zero attached hydrogens (tertiary/aromatic N) is 4. The minimum Gasteiger partial charge on any atom is -0.376 e. The summed E-state index contributed by atoms with van der Waals surface area (Å²) in [4.78, 5) is 10.4. The van der Waals surface area contributed by atoms with E-state index in [2.05, 4.69) is 15.2 Å². The number of oxime groups is 1. The lowest BCUT2D eigenvalue weighted by molar-refractivity contribution is -0.305. The Morgan fingerprint density at radius 1 is 0.974 bits per heavy atom. The number of methoxy groups -OCH3 is 3. The van der Waals surface area contributed by atoms with E-state index in [0.29, 0.717) is 22.5 Å². The monoisotopic (exact) mass is 548 g/mol. The molecule has 2 heterocycles. The first-order valence-electron chi connectivity index (χ1n) is 11.8. The normalized spacial score (nSPS) is 24.1. The van der Waals surface area contributed by atoms with Crippen molar-refractivity contribution in [3.63, 3.8) is 0 Å². The number of halogens is 2. The largest absolute Gasteiger partial charge is 0.376 e. The van der Waals surface area contributed by atoms with Crippen LogP contribution in [0.25, 0.3) is 17.1 Å². The Morgan fingerprint density at radius 3 is 2.24 bits per heavy atom. The van der Waals surface area contributed by atoms with Gasteiger partial charge >= 0.3 is 0 Å². The molecule has 0 saturated carbocycles. The van der Waals surface area contributed by atoms with Crippen molar-refractivity contribution < 1.29 is 32.6 Å². The average Bonchev–Trinajstić information content (AvgIpc) is 3.38. The number of benzene rings is 2. The highest BCUT2D eigenvalue weighted by Crippen LogP contribution is 2.35. The fourth-order valence-corrected chi connectivity index (χ4v) is 4.85. The Morgan fingerprint density at radius 2 is 1.63 bits per heavy atom. The number of hydrogen-bond acceptors (Lipinski definition) is 9. The van der Waals surface area contributed by atoms with Crippen LogP contribution in [0.2, 0.25) is 0 Å². The highest BCUT2D eigenvalue weighted by Gasteiger charge is 2.46. The second-order valence-electron chi connectivity index (χ2n) is 8.69. The van der Waals surface area contributed by atoms with Crippen molar-refractivity contribution >= 4 is 18.0 Å². The molecule has 0 aliphatic carbocycles. The number of hydrogen-bond donors (Lipinski definition) is 0. The highest BCUT2D eigenvalue weighted by atomic mass is 32.2. The molecule has 0 radical (unpaired) electrons. The summed E-state index contributed by atoms with van der Waals surface area (Å²) in [7, 11) is 4.74. The van der Waals surface area contributed by atoms with Crippen LogP contribution in [0.3, 0.4) is 0 Å². The molecule has 204 valence electrons. The number of rotatable bonds is 10. The molecule has 1 aromatic heterocycles. The molecule has 1 saturated heterocycles. The van der Waals surface area contributed by atoms with E-state index in [4.69, 9.17) is 23.8 Å². The Bertz CT molecular complexity index is 1200. The van der Waals surface area contributed by atoms with Gasteiger partial charge in [0.1, 0.15) is 18.5 Å². The van der Waals surface area contributed by atoms with Crippen LogP contribution in [0.4, 0.5) is 8.78 Å². The molecule has 1 aliphatic rings. The van der Waals surface area contributed by atoms with Crippen molar-refractivity contribution in [1.82, 2.24) is 14.8 Å². The van der Waals surface area contributed by atoms with E-state index in [1.54, 1.807) is 62.8 Å². The quantitative estimate of drug-likeness (QED) is 0.203. The third kappa shape index (κ3) is 6.75. The lowest BCUT2D eigenvalue weighted by Gasteiger charge is -2.42. The van der Waals surface area contributed by atoms with E-state index in [1.165, 1.54) is 0 Å². The van der Waals surface area contributed by atoms with Gasteiger partial charge in [0, 0.05) is 38.7 Å². The van der Waals surface area contributed by atoms with Crippen LogP contribution in [0.15, 0.2) is 64.9 Å². The molecule has 0 amide bonds. The smallest absolute Gasteiger partial charge is 0.295 e. The molecule has 1 aliphatic heterocycles. The average molecular weight is 549 g/mol. The summed E-state index contributed by atoms with van der Waals surface area (Å²) in [5, 5.41) is 5.75. The number of thioether (sulfide) groups is 1. The molecule has 0 bridgehead atoms. The first-order valence-corrected chi connectivity index (χ1v) is 12.7. The van der Waals surface area contributed by atoms with Crippen LogP contribution in [0, 0.1) is 0 Å². The molecular formula is C26H30F2N4O5S. The van der Waals surface area contributed by atoms with Crippen LogP contribution in [-0.2, 0) is 23.8 Å². The first-order chi connectivity index (χ1) is 18.2. The van der Waals surface area contributed by atoms with Crippen molar-refractivity contribution in [3.8, 4) is 17.1 Å². The number of alkyl halides is 2. The zero-order chi connectivity index (χ0) is 27.3. The molecule has 5 atom stereocenters. The molecule has 1 fully saturated rings. The maximum Gasteiger partial charge on any atom is 0.295 e. The van der Waals surface area contributed by atoms with E-state index in [-0.39, 0.29) is 18.3 Å². The van der Waals surface area contributed by atoms with Gasteiger partial charge in [-0.15, -0.1) is 5.10 Å².